The first kappa shape index (κ1) is 12.0. The summed E-state index contributed by atoms with van der Waals surface area (Å²) in [4.78, 5) is 5.35. The normalized spacial score (nSPS) is 34.8. The Balaban J connectivity index is 1.97. The summed E-state index contributed by atoms with van der Waals surface area (Å²) in [6.45, 7) is 1.39. The van der Waals surface area contributed by atoms with Crippen LogP contribution in [0.2, 0.25) is 0 Å². The molecule has 2 fully saturated rings. The molecular weight excluding hydrogens is 237 g/mol. The van der Waals surface area contributed by atoms with E-state index >= 15 is 0 Å². The van der Waals surface area contributed by atoms with Crippen LogP contribution in [0.4, 0.5) is 4.39 Å². The Kier molecular flexibility index (Phi) is 3.07. The van der Waals surface area contributed by atoms with E-state index in [1.807, 2.05) is 6.07 Å². The van der Waals surface area contributed by atoms with E-state index < -0.39 is 5.54 Å². The van der Waals surface area contributed by atoms with Gasteiger partial charge in [0, 0.05) is 18.6 Å². The maximum atomic E-state index is 14.0. The molecule has 2 heterocycles. The predicted molar refractivity (Wildman–Crippen MR) is 62.3 cm³/mol. The molecule has 3 rings (SSSR count). The van der Waals surface area contributed by atoms with Gasteiger partial charge >= 0.3 is 0 Å². The molecule has 1 unspecified atom stereocenters. The van der Waals surface area contributed by atoms with Crippen LogP contribution >= 0.6 is 0 Å². The molecule has 3 atom stereocenters. The lowest BCUT2D eigenvalue weighted by Gasteiger charge is -2.27. The lowest BCUT2D eigenvalue weighted by atomic mass is 9.79. The second kappa shape index (κ2) is 4.59. The van der Waals surface area contributed by atoms with Gasteiger partial charge in [0.25, 0.3) is 0 Å². The average Bonchev–Trinajstić information content (AvgIpc) is 2.92. The molecule has 1 aromatic carbocycles. The smallest absolute Gasteiger partial charge is 0.128 e. The Morgan fingerprint density at radius 3 is 3.11 bits per heavy atom. The number of ether oxygens (including phenoxy) is 2. The summed E-state index contributed by atoms with van der Waals surface area (Å²) in [7, 11) is 1.63. The number of nitrogens with one attached hydrogen (secondary N) is 1. The van der Waals surface area contributed by atoms with Crippen LogP contribution in [0.3, 0.4) is 0 Å². The highest BCUT2D eigenvalue weighted by Gasteiger charge is 2.55. The van der Waals surface area contributed by atoms with E-state index in [1.54, 1.807) is 19.2 Å². The maximum absolute atomic E-state index is 14.0. The minimum atomic E-state index is -0.589. The fourth-order valence-electron chi connectivity index (χ4n) is 2.88. The quantitative estimate of drug-likeness (QED) is 0.879. The van der Waals surface area contributed by atoms with Gasteiger partial charge in [-0.1, -0.05) is 18.2 Å². The molecule has 0 aromatic heterocycles. The summed E-state index contributed by atoms with van der Waals surface area (Å²) in [6.07, 6.45) is -0.0652. The van der Waals surface area contributed by atoms with E-state index in [9.17, 15) is 4.39 Å². The van der Waals surface area contributed by atoms with Crippen molar-refractivity contribution in [2.75, 3.05) is 26.9 Å². The molecular formula is C13H16FNO3. The number of benzene rings is 1. The summed E-state index contributed by atoms with van der Waals surface area (Å²) < 4.78 is 24.9. The molecule has 1 aromatic rings. The van der Waals surface area contributed by atoms with Gasteiger partial charge in [-0.3, -0.25) is 0 Å². The van der Waals surface area contributed by atoms with Crippen LogP contribution in [0.5, 0.6) is 0 Å². The van der Waals surface area contributed by atoms with E-state index in [4.69, 9.17) is 14.3 Å². The van der Waals surface area contributed by atoms with Crippen molar-refractivity contribution in [1.29, 1.82) is 0 Å². The van der Waals surface area contributed by atoms with Crippen molar-refractivity contribution < 1.29 is 18.7 Å². The van der Waals surface area contributed by atoms with Gasteiger partial charge in [0.15, 0.2) is 0 Å². The standard InChI is InChI=1S/C13H16FNO3/c1-16-7-12-10-6-18-15-13(10,8-17-12)9-4-2-3-5-11(9)14/h2-5,10,12,15H,6-8H2,1H3/t10-,12?,13-/m1/s1. The monoisotopic (exact) mass is 253 g/mol. The third-order valence-electron chi connectivity index (χ3n) is 3.81. The summed E-state index contributed by atoms with van der Waals surface area (Å²) in [5.41, 5.74) is 2.97. The molecule has 2 aliphatic heterocycles. The predicted octanol–water partition coefficient (Wildman–Crippen LogP) is 1.22. The van der Waals surface area contributed by atoms with Gasteiger partial charge in [0.05, 0.1) is 25.9 Å². The lowest BCUT2D eigenvalue weighted by Crippen LogP contribution is -2.43. The molecule has 18 heavy (non-hydrogen) atoms. The van der Waals surface area contributed by atoms with Gasteiger partial charge < -0.3 is 14.3 Å². The first-order chi connectivity index (χ1) is 8.78. The zero-order chi connectivity index (χ0) is 12.6. The maximum Gasteiger partial charge on any atom is 0.128 e. The summed E-state index contributed by atoms with van der Waals surface area (Å²) >= 11 is 0. The summed E-state index contributed by atoms with van der Waals surface area (Å²) in [6, 6.07) is 6.75. The highest BCUT2D eigenvalue weighted by molar-refractivity contribution is 5.30. The van der Waals surface area contributed by atoms with Crippen molar-refractivity contribution >= 4 is 0 Å². The van der Waals surface area contributed by atoms with Crippen LogP contribution in [0.15, 0.2) is 24.3 Å². The molecule has 5 heteroatoms. The molecule has 0 aliphatic carbocycles. The van der Waals surface area contributed by atoms with Crippen LogP contribution in [0.1, 0.15) is 5.56 Å². The average molecular weight is 253 g/mol. The summed E-state index contributed by atoms with van der Waals surface area (Å²) in [5.74, 6) is -0.170. The Labute approximate surface area is 105 Å². The minimum absolute atomic E-state index is 0.0642. The number of hydrogen-bond donors (Lipinski definition) is 1. The van der Waals surface area contributed by atoms with Crippen LogP contribution in [0.25, 0.3) is 0 Å². The molecule has 0 amide bonds. The van der Waals surface area contributed by atoms with Crippen molar-refractivity contribution in [3.8, 4) is 0 Å². The molecule has 0 spiro atoms. The van der Waals surface area contributed by atoms with Crippen molar-refractivity contribution in [3.05, 3.63) is 35.6 Å². The number of hydroxylamine groups is 1. The van der Waals surface area contributed by atoms with E-state index in [0.29, 0.717) is 25.4 Å². The van der Waals surface area contributed by atoms with Gasteiger partial charge in [-0.2, -0.15) is 5.48 Å². The van der Waals surface area contributed by atoms with Crippen molar-refractivity contribution in [2.24, 2.45) is 5.92 Å². The van der Waals surface area contributed by atoms with Crippen molar-refractivity contribution in [1.82, 2.24) is 5.48 Å². The molecule has 2 aliphatic rings. The highest BCUT2D eigenvalue weighted by atomic mass is 19.1. The Bertz CT molecular complexity index is 442. The van der Waals surface area contributed by atoms with Gasteiger partial charge in [-0.15, -0.1) is 0 Å². The number of hydrogen-bond acceptors (Lipinski definition) is 4. The Morgan fingerprint density at radius 1 is 1.50 bits per heavy atom. The largest absolute Gasteiger partial charge is 0.382 e. The SMILES string of the molecule is COCC1OC[C@]2(c3ccccc3F)NOC[C@H]12. The van der Waals surface area contributed by atoms with E-state index in [0.717, 1.165) is 0 Å². The van der Waals surface area contributed by atoms with Crippen LogP contribution in [-0.4, -0.2) is 33.0 Å². The Hall–Kier alpha value is -1.01. The summed E-state index contributed by atoms with van der Waals surface area (Å²) in [5, 5.41) is 0. The first-order valence-electron chi connectivity index (χ1n) is 6.02. The molecule has 0 bridgehead atoms. The number of fused-ring (bicyclic) bond motifs is 1. The third kappa shape index (κ3) is 1.66. The second-order valence-electron chi connectivity index (χ2n) is 4.78. The zero-order valence-electron chi connectivity index (χ0n) is 10.2. The fourth-order valence-corrected chi connectivity index (χ4v) is 2.88. The lowest BCUT2D eigenvalue weighted by molar-refractivity contribution is -0.0207. The van der Waals surface area contributed by atoms with Crippen molar-refractivity contribution in [3.63, 3.8) is 0 Å². The fraction of sp³-hybridized carbons (Fsp3) is 0.538. The van der Waals surface area contributed by atoms with Crippen LogP contribution < -0.4 is 5.48 Å². The molecule has 1 N–H and O–H groups in total. The number of methoxy groups -OCH3 is 1. The molecule has 2 saturated heterocycles. The van der Waals surface area contributed by atoms with E-state index in [1.165, 1.54) is 6.07 Å². The first-order valence-corrected chi connectivity index (χ1v) is 6.02. The molecule has 98 valence electrons. The van der Waals surface area contributed by atoms with Gasteiger partial charge in [0.2, 0.25) is 0 Å². The van der Waals surface area contributed by atoms with Gasteiger partial charge in [0.1, 0.15) is 11.4 Å². The van der Waals surface area contributed by atoms with Gasteiger partial charge in [-0.25, -0.2) is 4.39 Å². The second-order valence-corrected chi connectivity index (χ2v) is 4.78. The van der Waals surface area contributed by atoms with E-state index in [-0.39, 0.29) is 17.8 Å². The number of rotatable bonds is 3. The topological polar surface area (TPSA) is 39.7 Å². The molecule has 0 radical (unpaired) electrons. The molecule has 0 saturated carbocycles. The van der Waals surface area contributed by atoms with Crippen LogP contribution in [0, 0.1) is 11.7 Å². The van der Waals surface area contributed by atoms with E-state index in [2.05, 4.69) is 5.48 Å². The number of halogens is 1. The van der Waals surface area contributed by atoms with Crippen LogP contribution in [-0.2, 0) is 19.9 Å². The zero-order valence-corrected chi connectivity index (χ0v) is 10.2. The van der Waals surface area contributed by atoms with Crippen molar-refractivity contribution in [2.45, 2.75) is 11.6 Å². The Morgan fingerprint density at radius 2 is 2.33 bits per heavy atom. The third-order valence-corrected chi connectivity index (χ3v) is 3.81. The molecule has 4 nitrogen and oxygen atoms in total. The highest BCUT2D eigenvalue weighted by Crippen LogP contribution is 2.43. The minimum Gasteiger partial charge on any atom is -0.382 e. The van der Waals surface area contributed by atoms with Gasteiger partial charge in [-0.05, 0) is 6.07 Å².